The molecule has 0 spiro atoms. The van der Waals surface area contributed by atoms with Crippen molar-refractivity contribution in [3.05, 3.63) is 34.8 Å². The maximum absolute atomic E-state index is 9.46. The van der Waals surface area contributed by atoms with Gasteiger partial charge in [0, 0.05) is 18.7 Å². The molecular formula is C16H22N4OS. The Labute approximate surface area is 135 Å². The number of nitrogens with one attached hydrogen (secondary N) is 1. The van der Waals surface area contributed by atoms with E-state index in [1.54, 1.807) is 17.7 Å². The summed E-state index contributed by atoms with van der Waals surface area (Å²) in [6.45, 7) is 3.29. The van der Waals surface area contributed by atoms with Crippen LogP contribution in [0.2, 0.25) is 0 Å². The van der Waals surface area contributed by atoms with Crippen LogP contribution >= 0.6 is 11.3 Å². The van der Waals surface area contributed by atoms with Gasteiger partial charge in [0.2, 0.25) is 0 Å². The predicted octanol–water partition coefficient (Wildman–Crippen LogP) is 2.54. The fourth-order valence-electron chi connectivity index (χ4n) is 2.98. The first-order valence-electron chi connectivity index (χ1n) is 7.73. The molecule has 2 atom stereocenters. The minimum atomic E-state index is 0.182. The van der Waals surface area contributed by atoms with Crippen LogP contribution in [-0.2, 0) is 6.42 Å². The predicted molar refractivity (Wildman–Crippen MR) is 90.6 cm³/mol. The van der Waals surface area contributed by atoms with Gasteiger partial charge in [0.15, 0.2) is 0 Å². The maximum atomic E-state index is 9.46. The Hall–Kier alpha value is -1.66. The normalized spacial score (nSPS) is 19.4. The van der Waals surface area contributed by atoms with Crippen LogP contribution < -0.4 is 10.2 Å². The molecule has 1 saturated heterocycles. The van der Waals surface area contributed by atoms with Gasteiger partial charge >= 0.3 is 0 Å². The van der Waals surface area contributed by atoms with Crippen LogP contribution in [0, 0.1) is 0 Å². The fourth-order valence-corrected chi connectivity index (χ4v) is 3.66. The lowest BCUT2D eigenvalue weighted by molar-refractivity contribution is 0.266. The molecule has 0 amide bonds. The summed E-state index contributed by atoms with van der Waals surface area (Å²) in [4.78, 5) is 10.9. The molecule has 2 aromatic heterocycles. The number of thiophene rings is 1. The third-order valence-electron chi connectivity index (χ3n) is 4.05. The van der Waals surface area contributed by atoms with Gasteiger partial charge in [0.05, 0.1) is 12.6 Å². The van der Waals surface area contributed by atoms with Gasteiger partial charge in [0.1, 0.15) is 18.0 Å². The van der Waals surface area contributed by atoms with E-state index in [1.165, 1.54) is 5.56 Å². The second-order valence-electron chi connectivity index (χ2n) is 5.81. The third kappa shape index (κ3) is 3.56. The zero-order valence-corrected chi connectivity index (χ0v) is 13.6. The maximum Gasteiger partial charge on any atom is 0.134 e. The lowest BCUT2D eigenvalue weighted by Gasteiger charge is -2.24. The average Bonchev–Trinajstić information content (AvgIpc) is 3.18. The van der Waals surface area contributed by atoms with E-state index in [9.17, 15) is 5.11 Å². The highest BCUT2D eigenvalue weighted by Crippen LogP contribution is 2.24. The Morgan fingerprint density at radius 3 is 3.18 bits per heavy atom. The first-order chi connectivity index (χ1) is 10.8. The molecule has 1 aliphatic heterocycles. The molecule has 6 heteroatoms. The molecule has 1 fully saturated rings. The van der Waals surface area contributed by atoms with Gasteiger partial charge < -0.3 is 15.3 Å². The highest BCUT2D eigenvalue weighted by atomic mass is 32.1. The van der Waals surface area contributed by atoms with E-state index >= 15 is 0 Å². The van der Waals surface area contributed by atoms with Crippen molar-refractivity contribution >= 4 is 23.0 Å². The standard InChI is InChI=1S/C16H22N4OS/c1-12(7-13-4-6-22-10-13)19-15-8-16(18-11-17-15)20-5-2-3-14(20)9-21/h4,6,8,10-12,14,21H,2-3,5,7,9H2,1H3,(H,17,18,19)/t12-,14-/m0/s1. The van der Waals surface area contributed by atoms with Crippen molar-refractivity contribution in [3.8, 4) is 0 Å². The zero-order chi connectivity index (χ0) is 15.4. The van der Waals surface area contributed by atoms with Gasteiger partial charge in [-0.1, -0.05) is 0 Å². The number of hydrogen-bond donors (Lipinski definition) is 2. The molecule has 22 heavy (non-hydrogen) atoms. The molecule has 0 unspecified atom stereocenters. The van der Waals surface area contributed by atoms with Crippen LogP contribution in [0.15, 0.2) is 29.2 Å². The van der Waals surface area contributed by atoms with Crippen molar-refractivity contribution in [2.45, 2.75) is 38.3 Å². The summed E-state index contributed by atoms with van der Waals surface area (Å²) in [5.41, 5.74) is 1.35. The highest BCUT2D eigenvalue weighted by Gasteiger charge is 2.25. The first-order valence-corrected chi connectivity index (χ1v) is 8.67. The van der Waals surface area contributed by atoms with Crippen LogP contribution in [0.4, 0.5) is 11.6 Å². The molecule has 0 aliphatic carbocycles. The van der Waals surface area contributed by atoms with Gasteiger partial charge in [-0.15, -0.1) is 0 Å². The van der Waals surface area contributed by atoms with Crippen LogP contribution in [0.3, 0.4) is 0 Å². The van der Waals surface area contributed by atoms with Gasteiger partial charge in [-0.25, -0.2) is 9.97 Å². The summed E-state index contributed by atoms with van der Waals surface area (Å²) < 4.78 is 0. The van der Waals surface area contributed by atoms with Crippen LogP contribution in [-0.4, -0.2) is 40.3 Å². The Bertz CT molecular complexity index is 590. The Morgan fingerprint density at radius 2 is 2.41 bits per heavy atom. The van der Waals surface area contributed by atoms with E-state index in [2.05, 4.69) is 43.9 Å². The van der Waals surface area contributed by atoms with Gasteiger partial charge in [0.25, 0.3) is 0 Å². The third-order valence-corrected chi connectivity index (χ3v) is 4.78. The lowest BCUT2D eigenvalue weighted by atomic mass is 10.1. The van der Waals surface area contributed by atoms with E-state index in [1.807, 2.05) is 6.07 Å². The minimum Gasteiger partial charge on any atom is -0.394 e. The molecule has 1 aliphatic rings. The second-order valence-corrected chi connectivity index (χ2v) is 6.59. The number of anilines is 2. The van der Waals surface area contributed by atoms with Gasteiger partial charge in [-0.2, -0.15) is 11.3 Å². The summed E-state index contributed by atoms with van der Waals surface area (Å²) in [5.74, 6) is 1.74. The van der Waals surface area contributed by atoms with E-state index in [0.29, 0.717) is 6.04 Å². The average molecular weight is 318 g/mol. The summed E-state index contributed by atoms with van der Waals surface area (Å²) in [5, 5.41) is 17.2. The van der Waals surface area contributed by atoms with Crippen molar-refractivity contribution in [1.82, 2.24) is 9.97 Å². The van der Waals surface area contributed by atoms with E-state index in [4.69, 9.17) is 0 Å². The fraction of sp³-hybridized carbons (Fsp3) is 0.500. The molecule has 3 rings (SSSR count). The van der Waals surface area contributed by atoms with Crippen LogP contribution in [0.5, 0.6) is 0 Å². The SMILES string of the molecule is C[C@@H](Cc1ccsc1)Nc1cc(N2CCC[C@H]2CO)ncn1. The van der Waals surface area contributed by atoms with Crippen molar-refractivity contribution < 1.29 is 5.11 Å². The molecule has 118 valence electrons. The lowest BCUT2D eigenvalue weighted by Crippen LogP contribution is -2.32. The van der Waals surface area contributed by atoms with Crippen molar-refractivity contribution in [2.75, 3.05) is 23.4 Å². The first kappa shape index (κ1) is 15.2. The van der Waals surface area contributed by atoms with Crippen LogP contribution in [0.1, 0.15) is 25.3 Å². The number of aliphatic hydroxyl groups is 1. The molecule has 2 N–H and O–H groups in total. The molecule has 0 radical (unpaired) electrons. The molecular weight excluding hydrogens is 296 g/mol. The molecule has 3 heterocycles. The second kappa shape index (κ2) is 7.07. The Kier molecular flexibility index (Phi) is 4.90. The minimum absolute atomic E-state index is 0.182. The summed E-state index contributed by atoms with van der Waals surface area (Å²) in [6.07, 6.45) is 4.71. The smallest absolute Gasteiger partial charge is 0.134 e. The summed E-state index contributed by atoms with van der Waals surface area (Å²) in [6, 6.07) is 4.64. The number of aromatic nitrogens is 2. The number of aliphatic hydroxyl groups excluding tert-OH is 1. The van der Waals surface area contributed by atoms with Gasteiger partial charge in [-0.05, 0) is 48.6 Å². The molecule has 0 aromatic carbocycles. The highest BCUT2D eigenvalue weighted by molar-refractivity contribution is 7.07. The molecule has 2 aromatic rings. The van der Waals surface area contributed by atoms with Crippen molar-refractivity contribution in [3.63, 3.8) is 0 Å². The van der Waals surface area contributed by atoms with Crippen molar-refractivity contribution in [2.24, 2.45) is 0 Å². The van der Waals surface area contributed by atoms with Crippen molar-refractivity contribution in [1.29, 1.82) is 0 Å². The summed E-state index contributed by atoms with van der Waals surface area (Å²) in [7, 11) is 0. The molecule has 5 nitrogen and oxygen atoms in total. The van der Waals surface area contributed by atoms with Crippen LogP contribution in [0.25, 0.3) is 0 Å². The molecule has 0 bridgehead atoms. The van der Waals surface area contributed by atoms with E-state index in [-0.39, 0.29) is 12.6 Å². The van der Waals surface area contributed by atoms with Gasteiger partial charge in [-0.3, -0.25) is 0 Å². The Morgan fingerprint density at radius 1 is 1.50 bits per heavy atom. The summed E-state index contributed by atoms with van der Waals surface area (Å²) >= 11 is 1.73. The zero-order valence-electron chi connectivity index (χ0n) is 12.8. The molecule has 0 saturated carbocycles. The number of hydrogen-bond acceptors (Lipinski definition) is 6. The van der Waals surface area contributed by atoms with E-state index < -0.39 is 0 Å². The Balaban J connectivity index is 1.66. The topological polar surface area (TPSA) is 61.3 Å². The van der Waals surface area contributed by atoms with E-state index in [0.717, 1.165) is 37.4 Å². The largest absolute Gasteiger partial charge is 0.394 e. The number of rotatable bonds is 6. The quantitative estimate of drug-likeness (QED) is 0.857. The number of nitrogens with zero attached hydrogens (tertiary/aromatic N) is 3. The monoisotopic (exact) mass is 318 g/mol.